The van der Waals surface area contributed by atoms with Crippen molar-refractivity contribution >= 4 is 18.7 Å². The van der Waals surface area contributed by atoms with Gasteiger partial charge in [-0.3, -0.25) is 4.79 Å². The number of alkyl halides is 2. The number of halogens is 2. The standard InChI is InChI=1S/C23H34F2N4O3.CH3N/c1-16-13-19(4-5-20(16)22(30)28-18-6-9-26-14-18)32-12-2-3-17-7-10-29(11-8-17)23(31)27-15-21(24)25;1-2/h4-5,13,17-18,21,26H,2-3,6-12,14-15H2,1H3,(H,27,31)(H,28,30);2H,1H2. The van der Waals surface area contributed by atoms with E-state index in [-0.39, 0.29) is 11.9 Å². The highest BCUT2D eigenvalue weighted by Gasteiger charge is 2.23. The molecular weight excluding hydrogens is 444 g/mol. The Morgan fingerprint density at radius 1 is 1.26 bits per heavy atom. The minimum absolute atomic E-state index is 0.0445. The van der Waals surface area contributed by atoms with E-state index in [4.69, 9.17) is 10.1 Å². The Balaban J connectivity index is 0.00000199. The van der Waals surface area contributed by atoms with Gasteiger partial charge in [0, 0.05) is 31.2 Å². The topological polar surface area (TPSA) is 107 Å². The summed E-state index contributed by atoms with van der Waals surface area (Å²) in [5.74, 6) is 1.22. The van der Waals surface area contributed by atoms with Crippen LogP contribution in [0.15, 0.2) is 18.2 Å². The Bertz CT molecular complexity index is 782. The molecule has 0 aromatic heterocycles. The molecule has 2 aliphatic rings. The maximum Gasteiger partial charge on any atom is 0.317 e. The van der Waals surface area contributed by atoms with E-state index in [1.807, 2.05) is 25.1 Å². The Morgan fingerprint density at radius 2 is 2.00 bits per heavy atom. The van der Waals surface area contributed by atoms with Gasteiger partial charge in [-0.05, 0) is 82.0 Å². The summed E-state index contributed by atoms with van der Waals surface area (Å²) in [5.41, 5.74) is 1.57. The predicted octanol–water partition coefficient (Wildman–Crippen LogP) is 3.20. The van der Waals surface area contributed by atoms with Crippen LogP contribution in [-0.4, -0.2) is 75.4 Å². The van der Waals surface area contributed by atoms with Crippen molar-refractivity contribution in [2.45, 2.75) is 51.5 Å². The molecule has 10 heteroatoms. The SMILES string of the molecule is C=N.Cc1cc(OCCCC2CCN(C(=O)NCC(F)F)CC2)ccc1C(=O)NC1CCNC1. The highest BCUT2D eigenvalue weighted by atomic mass is 19.3. The Kier molecular flexibility index (Phi) is 11.7. The molecule has 1 atom stereocenters. The summed E-state index contributed by atoms with van der Waals surface area (Å²) in [6.45, 7) is 7.36. The highest BCUT2D eigenvalue weighted by molar-refractivity contribution is 5.96. The summed E-state index contributed by atoms with van der Waals surface area (Å²) in [4.78, 5) is 25.9. The van der Waals surface area contributed by atoms with E-state index in [9.17, 15) is 18.4 Å². The number of hydrogen-bond donors (Lipinski definition) is 4. The molecule has 0 spiro atoms. The van der Waals surface area contributed by atoms with Crippen molar-refractivity contribution < 1.29 is 23.1 Å². The number of rotatable bonds is 9. The fourth-order valence-electron chi connectivity index (χ4n) is 4.28. The van der Waals surface area contributed by atoms with Gasteiger partial charge in [0.2, 0.25) is 0 Å². The number of benzene rings is 1. The molecule has 0 aliphatic carbocycles. The molecule has 34 heavy (non-hydrogen) atoms. The number of amides is 3. The first-order valence-corrected chi connectivity index (χ1v) is 11.8. The van der Waals surface area contributed by atoms with E-state index in [0.717, 1.165) is 56.5 Å². The van der Waals surface area contributed by atoms with Gasteiger partial charge in [0.25, 0.3) is 12.3 Å². The first-order valence-electron chi connectivity index (χ1n) is 11.8. The van der Waals surface area contributed by atoms with E-state index >= 15 is 0 Å². The van der Waals surface area contributed by atoms with Crippen LogP contribution in [0.25, 0.3) is 0 Å². The third-order valence-corrected chi connectivity index (χ3v) is 6.17. The fourth-order valence-corrected chi connectivity index (χ4v) is 4.28. The number of aryl methyl sites for hydroxylation is 1. The molecule has 1 unspecified atom stereocenters. The van der Waals surface area contributed by atoms with Crippen LogP contribution in [0.4, 0.5) is 13.6 Å². The van der Waals surface area contributed by atoms with Gasteiger partial charge in [0.15, 0.2) is 0 Å². The average molecular weight is 482 g/mol. The number of piperidine rings is 1. The van der Waals surface area contributed by atoms with Gasteiger partial charge in [0.05, 0.1) is 13.2 Å². The van der Waals surface area contributed by atoms with Crippen molar-refractivity contribution in [3.8, 4) is 5.75 Å². The van der Waals surface area contributed by atoms with Crippen molar-refractivity contribution in [1.82, 2.24) is 20.9 Å². The molecule has 8 nitrogen and oxygen atoms in total. The van der Waals surface area contributed by atoms with Crippen LogP contribution in [-0.2, 0) is 0 Å². The first-order chi connectivity index (χ1) is 16.4. The number of nitrogens with one attached hydrogen (secondary N) is 4. The van der Waals surface area contributed by atoms with Gasteiger partial charge in [0.1, 0.15) is 5.75 Å². The van der Waals surface area contributed by atoms with E-state index in [1.54, 1.807) is 4.90 Å². The largest absolute Gasteiger partial charge is 0.494 e. The molecule has 190 valence electrons. The monoisotopic (exact) mass is 481 g/mol. The summed E-state index contributed by atoms with van der Waals surface area (Å²) in [6.07, 6.45) is 2.09. The number of nitrogens with zero attached hydrogens (tertiary/aromatic N) is 1. The summed E-state index contributed by atoms with van der Waals surface area (Å²) >= 11 is 0. The second-order valence-electron chi connectivity index (χ2n) is 8.64. The lowest BCUT2D eigenvalue weighted by Crippen LogP contribution is -2.45. The number of carbonyl (C=O) groups excluding carboxylic acids is 2. The molecule has 4 N–H and O–H groups in total. The van der Waals surface area contributed by atoms with Crippen molar-refractivity contribution in [1.29, 1.82) is 5.41 Å². The lowest BCUT2D eigenvalue weighted by atomic mass is 9.92. The number of ether oxygens (including phenoxy) is 1. The Morgan fingerprint density at radius 3 is 2.62 bits per heavy atom. The summed E-state index contributed by atoms with van der Waals surface area (Å²) in [7, 11) is 0. The van der Waals surface area contributed by atoms with Gasteiger partial charge in [-0.15, -0.1) is 0 Å². The zero-order valence-electron chi connectivity index (χ0n) is 19.9. The molecule has 0 bridgehead atoms. The van der Waals surface area contributed by atoms with Gasteiger partial charge in [-0.2, -0.15) is 0 Å². The van der Waals surface area contributed by atoms with E-state index in [0.29, 0.717) is 31.2 Å². The molecule has 2 heterocycles. The minimum Gasteiger partial charge on any atom is -0.494 e. The lowest BCUT2D eigenvalue weighted by molar-refractivity contribution is 0.0939. The van der Waals surface area contributed by atoms with E-state index in [1.165, 1.54) is 0 Å². The normalized spacial score (nSPS) is 18.2. The molecule has 2 fully saturated rings. The third kappa shape index (κ3) is 8.89. The van der Waals surface area contributed by atoms with Crippen LogP contribution < -0.4 is 20.7 Å². The number of likely N-dealkylation sites (tertiary alicyclic amines) is 1. The second kappa shape index (κ2) is 14.5. The highest BCUT2D eigenvalue weighted by Crippen LogP contribution is 2.23. The predicted molar refractivity (Wildman–Crippen MR) is 128 cm³/mol. The van der Waals surface area contributed by atoms with Crippen LogP contribution in [0.3, 0.4) is 0 Å². The maximum absolute atomic E-state index is 12.5. The van der Waals surface area contributed by atoms with E-state index in [2.05, 4.69) is 22.7 Å². The molecular formula is C24H37F2N5O3. The molecule has 3 rings (SSSR count). The maximum atomic E-state index is 12.5. The number of carbonyl (C=O) groups is 2. The van der Waals surface area contributed by atoms with E-state index < -0.39 is 19.0 Å². The van der Waals surface area contributed by atoms with Crippen LogP contribution in [0, 0.1) is 18.3 Å². The zero-order valence-corrected chi connectivity index (χ0v) is 19.9. The zero-order chi connectivity index (χ0) is 24.9. The molecule has 1 aromatic rings. The van der Waals surface area contributed by atoms with Crippen LogP contribution in [0.5, 0.6) is 5.75 Å². The Labute approximate surface area is 200 Å². The summed E-state index contributed by atoms with van der Waals surface area (Å²) < 4.78 is 30.3. The quantitative estimate of drug-likeness (QED) is 0.321. The fraction of sp³-hybridized carbons (Fsp3) is 0.625. The van der Waals surface area contributed by atoms with Gasteiger partial charge >= 0.3 is 6.03 Å². The van der Waals surface area contributed by atoms with Gasteiger partial charge < -0.3 is 31.0 Å². The molecule has 2 aliphatic heterocycles. The first kappa shape index (κ1) is 27.5. The van der Waals surface area contributed by atoms with Crippen LogP contribution in [0.1, 0.15) is 48.0 Å². The molecule has 1 aromatic carbocycles. The second-order valence-corrected chi connectivity index (χ2v) is 8.64. The average Bonchev–Trinajstić information content (AvgIpc) is 3.35. The number of urea groups is 1. The lowest BCUT2D eigenvalue weighted by Gasteiger charge is -2.32. The summed E-state index contributed by atoms with van der Waals surface area (Å²) in [5, 5.41) is 14.1. The van der Waals surface area contributed by atoms with Gasteiger partial charge in [-0.25, -0.2) is 13.6 Å². The molecule has 2 saturated heterocycles. The third-order valence-electron chi connectivity index (χ3n) is 6.17. The minimum atomic E-state index is -2.52. The van der Waals surface area contributed by atoms with Crippen molar-refractivity contribution in [3.63, 3.8) is 0 Å². The van der Waals surface area contributed by atoms with Crippen LogP contribution >= 0.6 is 0 Å². The molecule has 0 saturated carbocycles. The summed E-state index contributed by atoms with van der Waals surface area (Å²) in [6, 6.07) is 5.34. The molecule has 3 amide bonds. The van der Waals surface area contributed by atoms with Crippen molar-refractivity contribution in [3.05, 3.63) is 29.3 Å². The van der Waals surface area contributed by atoms with Crippen molar-refractivity contribution in [2.75, 3.05) is 39.3 Å². The van der Waals surface area contributed by atoms with Gasteiger partial charge in [-0.1, -0.05) is 0 Å². The number of hydrogen-bond acceptors (Lipinski definition) is 5. The smallest absolute Gasteiger partial charge is 0.317 e. The molecule has 0 radical (unpaired) electrons. The van der Waals surface area contributed by atoms with Crippen molar-refractivity contribution in [2.24, 2.45) is 5.92 Å². The Hall–Kier alpha value is -2.75. The van der Waals surface area contributed by atoms with Crippen LogP contribution in [0.2, 0.25) is 0 Å².